The molecule has 1 amide bonds. The van der Waals surface area contributed by atoms with Gasteiger partial charge in [0, 0.05) is 17.3 Å². The van der Waals surface area contributed by atoms with E-state index in [0.717, 1.165) is 16.8 Å². The first-order chi connectivity index (χ1) is 14.0. The number of hydrazone groups is 1. The van der Waals surface area contributed by atoms with E-state index < -0.39 is 0 Å². The normalized spacial score (nSPS) is 11.3. The fourth-order valence-electron chi connectivity index (χ4n) is 2.27. The number of hydrogen-bond donors (Lipinski definition) is 4. The summed E-state index contributed by atoms with van der Waals surface area (Å²) in [6.07, 6.45) is 0. The predicted molar refractivity (Wildman–Crippen MR) is 117 cm³/mol. The van der Waals surface area contributed by atoms with Gasteiger partial charge >= 0.3 is 0 Å². The number of anilines is 2. The van der Waals surface area contributed by atoms with Crippen LogP contribution in [0.2, 0.25) is 5.02 Å². The third-order valence-electron chi connectivity index (χ3n) is 3.86. The molecule has 0 aliphatic carbocycles. The number of benzene rings is 2. The van der Waals surface area contributed by atoms with Crippen LogP contribution < -0.4 is 16.5 Å². The van der Waals surface area contributed by atoms with Crippen molar-refractivity contribution in [3.05, 3.63) is 64.7 Å². The van der Waals surface area contributed by atoms with Crippen LogP contribution in [0.1, 0.15) is 18.1 Å². The maximum absolute atomic E-state index is 12.0. The molecule has 1 aromatic heterocycles. The van der Waals surface area contributed by atoms with Gasteiger partial charge in [-0.25, -0.2) is 10.5 Å². The molecule has 0 fully saturated rings. The van der Waals surface area contributed by atoms with Crippen LogP contribution in [0.4, 0.5) is 11.6 Å². The van der Waals surface area contributed by atoms with Crippen molar-refractivity contribution in [2.24, 2.45) is 5.10 Å². The zero-order chi connectivity index (χ0) is 20.6. The van der Waals surface area contributed by atoms with Gasteiger partial charge in [-0.05, 0) is 42.3 Å². The largest absolute Gasteiger partial charge is 0.399 e. The number of amides is 1. The van der Waals surface area contributed by atoms with Crippen molar-refractivity contribution < 1.29 is 4.79 Å². The maximum atomic E-state index is 12.0. The van der Waals surface area contributed by atoms with E-state index in [1.165, 1.54) is 11.8 Å². The molecular formula is C19H20ClN7OS. The zero-order valence-electron chi connectivity index (χ0n) is 15.6. The molecule has 0 saturated carbocycles. The highest BCUT2D eigenvalue weighted by Gasteiger charge is 2.08. The van der Waals surface area contributed by atoms with Crippen LogP contribution in [0.3, 0.4) is 0 Å². The van der Waals surface area contributed by atoms with Gasteiger partial charge in [0.15, 0.2) is 0 Å². The van der Waals surface area contributed by atoms with E-state index in [1.54, 1.807) is 12.1 Å². The van der Waals surface area contributed by atoms with Crippen LogP contribution in [0.15, 0.2) is 58.8 Å². The lowest BCUT2D eigenvalue weighted by molar-refractivity contribution is -0.118. The Kier molecular flexibility index (Phi) is 7.09. The Morgan fingerprint density at radius 3 is 2.66 bits per heavy atom. The average Bonchev–Trinajstić information content (AvgIpc) is 3.18. The Morgan fingerprint density at radius 1 is 1.21 bits per heavy atom. The van der Waals surface area contributed by atoms with E-state index in [1.807, 2.05) is 43.3 Å². The number of H-pyrrole nitrogens is 1. The zero-order valence-corrected chi connectivity index (χ0v) is 17.2. The van der Waals surface area contributed by atoms with Crippen molar-refractivity contribution in [1.29, 1.82) is 0 Å². The van der Waals surface area contributed by atoms with E-state index in [4.69, 9.17) is 17.3 Å². The number of carbonyl (C=O) groups is 1. The van der Waals surface area contributed by atoms with Crippen LogP contribution in [0, 0.1) is 0 Å². The lowest BCUT2D eigenvalue weighted by Gasteiger charge is -2.04. The summed E-state index contributed by atoms with van der Waals surface area (Å²) in [6.45, 7) is 2.31. The fraction of sp³-hybridized carbons (Fsp3) is 0.158. The molecule has 5 N–H and O–H groups in total. The fourth-order valence-corrected chi connectivity index (χ4v) is 3.02. The molecule has 2 aromatic carbocycles. The molecule has 3 rings (SSSR count). The lowest BCUT2D eigenvalue weighted by Crippen LogP contribution is -2.24. The minimum Gasteiger partial charge on any atom is -0.399 e. The van der Waals surface area contributed by atoms with Crippen LogP contribution >= 0.6 is 23.4 Å². The number of nitrogens with zero attached hydrogens (tertiary/aromatic N) is 3. The van der Waals surface area contributed by atoms with Gasteiger partial charge in [0.2, 0.25) is 17.0 Å². The quantitative estimate of drug-likeness (QED) is 0.189. The van der Waals surface area contributed by atoms with Crippen LogP contribution in [0.25, 0.3) is 0 Å². The van der Waals surface area contributed by atoms with E-state index in [0.29, 0.717) is 28.4 Å². The molecule has 0 unspecified atom stereocenters. The monoisotopic (exact) mass is 429 g/mol. The van der Waals surface area contributed by atoms with Crippen molar-refractivity contribution in [3.8, 4) is 0 Å². The molecule has 0 aliphatic heterocycles. The second-order valence-electron chi connectivity index (χ2n) is 6.09. The van der Waals surface area contributed by atoms with E-state index in [2.05, 4.69) is 31.0 Å². The number of aromatic amines is 1. The lowest BCUT2D eigenvalue weighted by atomic mass is 10.1. The summed E-state index contributed by atoms with van der Waals surface area (Å²) in [4.78, 5) is 16.2. The molecule has 150 valence electrons. The molecule has 1 heterocycles. The van der Waals surface area contributed by atoms with Crippen LogP contribution in [-0.2, 0) is 11.3 Å². The molecule has 0 atom stereocenters. The smallest absolute Gasteiger partial charge is 0.240 e. The van der Waals surface area contributed by atoms with Gasteiger partial charge in [0.1, 0.15) is 0 Å². The number of nitrogen functional groups attached to an aromatic ring is 1. The van der Waals surface area contributed by atoms with Gasteiger partial charge in [0.25, 0.3) is 0 Å². The van der Waals surface area contributed by atoms with Crippen molar-refractivity contribution in [2.75, 3.05) is 16.9 Å². The van der Waals surface area contributed by atoms with E-state index >= 15 is 0 Å². The molecule has 0 aliphatic rings. The highest BCUT2D eigenvalue weighted by atomic mass is 35.5. The van der Waals surface area contributed by atoms with E-state index in [-0.39, 0.29) is 11.7 Å². The van der Waals surface area contributed by atoms with Crippen molar-refractivity contribution in [2.45, 2.75) is 18.6 Å². The first kappa shape index (κ1) is 20.7. The Hall–Kier alpha value is -3.04. The Morgan fingerprint density at radius 2 is 1.93 bits per heavy atom. The van der Waals surface area contributed by atoms with Crippen LogP contribution in [0.5, 0.6) is 0 Å². The highest BCUT2D eigenvalue weighted by Crippen LogP contribution is 2.14. The van der Waals surface area contributed by atoms with Gasteiger partial charge in [-0.1, -0.05) is 47.6 Å². The van der Waals surface area contributed by atoms with Gasteiger partial charge < -0.3 is 11.1 Å². The Labute approximate surface area is 177 Å². The van der Waals surface area contributed by atoms with Crippen molar-refractivity contribution in [3.63, 3.8) is 0 Å². The maximum Gasteiger partial charge on any atom is 0.240 e. The Bertz CT molecular complexity index is 987. The van der Waals surface area contributed by atoms with Gasteiger partial charge in [-0.2, -0.15) is 10.1 Å². The number of nitrogens with one attached hydrogen (secondary N) is 3. The number of hydrogen-bond acceptors (Lipinski definition) is 7. The molecule has 8 nitrogen and oxygen atoms in total. The third kappa shape index (κ3) is 6.51. The first-order valence-corrected chi connectivity index (χ1v) is 10.1. The molecule has 0 radical (unpaired) electrons. The molecule has 0 saturated heterocycles. The molecule has 0 bridgehead atoms. The number of thioether (sulfide) groups is 1. The highest BCUT2D eigenvalue weighted by molar-refractivity contribution is 7.99. The van der Waals surface area contributed by atoms with Gasteiger partial charge in [0.05, 0.1) is 11.5 Å². The standard InChI is InChI=1S/C19H20ClN7OS/c1-12(14-4-8-16(21)9-5-14)24-25-18-23-19(27-26-18)29-11-17(28)22-10-13-2-6-15(20)7-3-13/h2-9H,10-11,21H2,1H3,(H,22,28)(H2,23,25,26,27)/b24-12-. The van der Waals surface area contributed by atoms with Gasteiger partial charge in [-0.15, -0.1) is 5.10 Å². The Balaban J connectivity index is 1.44. The number of aromatic nitrogens is 3. The van der Waals surface area contributed by atoms with E-state index in [9.17, 15) is 4.79 Å². The molecule has 0 spiro atoms. The minimum atomic E-state index is -0.110. The summed E-state index contributed by atoms with van der Waals surface area (Å²) in [6, 6.07) is 14.7. The van der Waals surface area contributed by atoms with Crippen LogP contribution in [-0.4, -0.2) is 32.6 Å². The third-order valence-corrected chi connectivity index (χ3v) is 4.96. The summed E-state index contributed by atoms with van der Waals surface area (Å²) in [5.74, 6) is 0.490. The summed E-state index contributed by atoms with van der Waals surface area (Å²) < 4.78 is 0. The van der Waals surface area contributed by atoms with Crippen molar-refractivity contribution >= 4 is 46.6 Å². The topological polar surface area (TPSA) is 121 Å². The summed E-state index contributed by atoms with van der Waals surface area (Å²) in [5.41, 5.74) is 11.9. The minimum absolute atomic E-state index is 0.110. The average molecular weight is 430 g/mol. The number of rotatable bonds is 8. The number of carbonyl (C=O) groups excluding carboxylic acids is 1. The molecule has 10 heteroatoms. The summed E-state index contributed by atoms with van der Waals surface area (Å²) >= 11 is 7.08. The number of halogens is 1. The number of nitrogens with two attached hydrogens (primary N) is 1. The molecule has 3 aromatic rings. The van der Waals surface area contributed by atoms with Gasteiger partial charge in [-0.3, -0.25) is 4.79 Å². The second-order valence-corrected chi connectivity index (χ2v) is 7.47. The second kappa shape index (κ2) is 9.94. The summed E-state index contributed by atoms with van der Waals surface area (Å²) in [5, 5.41) is 15.0. The first-order valence-electron chi connectivity index (χ1n) is 8.72. The van der Waals surface area contributed by atoms with Crippen molar-refractivity contribution in [1.82, 2.24) is 20.5 Å². The molecule has 29 heavy (non-hydrogen) atoms. The summed E-state index contributed by atoms with van der Waals surface area (Å²) in [7, 11) is 0. The molecular weight excluding hydrogens is 410 g/mol. The predicted octanol–water partition coefficient (Wildman–Crippen LogP) is 3.28. The SMILES string of the molecule is C/C(=N/Nc1nc(SCC(=O)NCc2ccc(Cl)cc2)n[nH]1)c1ccc(N)cc1.